The van der Waals surface area contributed by atoms with Crippen molar-refractivity contribution in [3.05, 3.63) is 10.6 Å². The molecule has 1 aromatic heterocycles. The Labute approximate surface area is 109 Å². The molecule has 0 aliphatic rings. The molecule has 98 valence electrons. The predicted octanol–water partition coefficient (Wildman–Crippen LogP) is 1.88. The van der Waals surface area contributed by atoms with Gasteiger partial charge in [0.2, 0.25) is 0 Å². The monoisotopic (exact) mass is 256 g/mol. The summed E-state index contributed by atoms with van der Waals surface area (Å²) in [6.45, 7) is 12.7. The van der Waals surface area contributed by atoms with Gasteiger partial charge >= 0.3 is 0 Å². The number of hydrogen-bond acceptors (Lipinski definition) is 5. The Balaban J connectivity index is 2.54. The zero-order valence-corrected chi connectivity index (χ0v) is 12.4. The van der Waals surface area contributed by atoms with Crippen LogP contribution in [-0.2, 0) is 12.0 Å². The Morgan fingerprint density at radius 1 is 1.35 bits per heavy atom. The van der Waals surface area contributed by atoms with Gasteiger partial charge in [0.15, 0.2) is 0 Å². The van der Waals surface area contributed by atoms with Crippen molar-refractivity contribution >= 4 is 11.5 Å². The largest absolute Gasteiger partial charge is 0.316 e. The maximum absolute atomic E-state index is 4.26. The van der Waals surface area contributed by atoms with E-state index in [-0.39, 0.29) is 5.41 Å². The van der Waals surface area contributed by atoms with Crippen LogP contribution in [0.25, 0.3) is 0 Å². The fourth-order valence-electron chi connectivity index (χ4n) is 1.65. The molecule has 1 rings (SSSR count). The van der Waals surface area contributed by atoms with Gasteiger partial charge in [-0.1, -0.05) is 32.2 Å². The third kappa shape index (κ3) is 4.69. The van der Waals surface area contributed by atoms with E-state index >= 15 is 0 Å². The van der Waals surface area contributed by atoms with E-state index in [1.807, 2.05) is 0 Å². The second-order valence-electron chi connectivity index (χ2n) is 5.39. The van der Waals surface area contributed by atoms with Crippen molar-refractivity contribution in [2.45, 2.75) is 39.7 Å². The zero-order chi connectivity index (χ0) is 12.9. The molecule has 5 heteroatoms. The van der Waals surface area contributed by atoms with Gasteiger partial charge in [-0.05, 0) is 25.1 Å². The number of aromatic nitrogens is 2. The van der Waals surface area contributed by atoms with Crippen LogP contribution in [0.3, 0.4) is 0 Å². The van der Waals surface area contributed by atoms with Gasteiger partial charge in [-0.25, -0.2) is 0 Å². The number of nitrogens with zero attached hydrogens (tertiary/aromatic N) is 3. The summed E-state index contributed by atoms with van der Waals surface area (Å²) in [6.07, 6.45) is 0. The molecular formula is C12H24N4S. The van der Waals surface area contributed by atoms with Crippen LogP contribution in [0.1, 0.15) is 38.3 Å². The SMILES string of the molecule is CCNCCN(C)Cc1snnc1C(C)(C)C. The minimum atomic E-state index is 0.0881. The molecular weight excluding hydrogens is 232 g/mol. The average Bonchev–Trinajstić information content (AvgIpc) is 2.65. The van der Waals surface area contributed by atoms with Gasteiger partial charge in [0.1, 0.15) is 0 Å². The molecule has 0 bridgehead atoms. The lowest BCUT2D eigenvalue weighted by molar-refractivity contribution is 0.325. The van der Waals surface area contributed by atoms with E-state index in [1.54, 1.807) is 0 Å². The normalized spacial score (nSPS) is 12.4. The van der Waals surface area contributed by atoms with Gasteiger partial charge < -0.3 is 5.32 Å². The zero-order valence-electron chi connectivity index (χ0n) is 11.6. The quantitative estimate of drug-likeness (QED) is 0.789. The summed E-state index contributed by atoms with van der Waals surface area (Å²) >= 11 is 1.52. The first kappa shape index (κ1) is 14.5. The third-order valence-electron chi connectivity index (χ3n) is 2.60. The highest BCUT2D eigenvalue weighted by atomic mass is 32.1. The van der Waals surface area contributed by atoms with Crippen LogP contribution in [0, 0.1) is 0 Å². The van der Waals surface area contributed by atoms with Crippen LogP contribution in [0.4, 0.5) is 0 Å². The molecule has 1 N–H and O–H groups in total. The standard InChI is InChI=1S/C12H24N4S/c1-6-13-7-8-16(5)9-10-11(12(2,3)4)14-15-17-10/h13H,6-9H2,1-5H3. The highest BCUT2D eigenvalue weighted by molar-refractivity contribution is 7.05. The second-order valence-corrected chi connectivity index (χ2v) is 6.22. The summed E-state index contributed by atoms with van der Waals surface area (Å²) in [7, 11) is 2.14. The highest BCUT2D eigenvalue weighted by Crippen LogP contribution is 2.26. The number of hydrogen-bond donors (Lipinski definition) is 1. The Hall–Kier alpha value is -0.520. The summed E-state index contributed by atoms with van der Waals surface area (Å²) in [4.78, 5) is 3.60. The van der Waals surface area contributed by atoms with Gasteiger partial charge in [-0.2, -0.15) is 0 Å². The average molecular weight is 256 g/mol. The van der Waals surface area contributed by atoms with E-state index < -0.39 is 0 Å². The van der Waals surface area contributed by atoms with E-state index in [1.165, 1.54) is 16.4 Å². The van der Waals surface area contributed by atoms with Crippen LogP contribution in [-0.4, -0.2) is 41.2 Å². The van der Waals surface area contributed by atoms with Crippen molar-refractivity contribution in [3.8, 4) is 0 Å². The van der Waals surface area contributed by atoms with Crippen molar-refractivity contribution < 1.29 is 0 Å². The first-order chi connectivity index (χ1) is 7.95. The first-order valence-electron chi connectivity index (χ1n) is 6.16. The lowest BCUT2D eigenvalue weighted by Gasteiger charge is -2.20. The van der Waals surface area contributed by atoms with E-state index in [0.29, 0.717) is 0 Å². The van der Waals surface area contributed by atoms with Gasteiger partial charge in [0.05, 0.1) is 10.6 Å². The van der Waals surface area contributed by atoms with Gasteiger partial charge in [0, 0.05) is 25.0 Å². The van der Waals surface area contributed by atoms with Gasteiger partial charge in [0.25, 0.3) is 0 Å². The molecule has 1 aromatic rings. The van der Waals surface area contributed by atoms with E-state index in [0.717, 1.165) is 31.9 Å². The minimum absolute atomic E-state index is 0.0881. The topological polar surface area (TPSA) is 41.0 Å². The molecule has 0 unspecified atom stereocenters. The lowest BCUT2D eigenvalue weighted by atomic mass is 9.91. The molecule has 0 amide bonds. The highest BCUT2D eigenvalue weighted by Gasteiger charge is 2.22. The minimum Gasteiger partial charge on any atom is -0.316 e. The molecule has 1 heterocycles. The smallest absolute Gasteiger partial charge is 0.0854 e. The maximum Gasteiger partial charge on any atom is 0.0854 e. The molecule has 0 spiro atoms. The van der Waals surface area contributed by atoms with Crippen LogP contribution >= 0.6 is 11.5 Å². The molecule has 4 nitrogen and oxygen atoms in total. The maximum atomic E-state index is 4.26. The molecule has 0 fully saturated rings. The van der Waals surface area contributed by atoms with Crippen molar-refractivity contribution in [2.75, 3.05) is 26.7 Å². The molecule has 0 saturated heterocycles. The number of nitrogens with one attached hydrogen (secondary N) is 1. The van der Waals surface area contributed by atoms with Crippen LogP contribution in [0.15, 0.2) is 0 Å². The number of rotatable bonds is 6. The van der Waals surface area contributed by atoms with Crippen LogP contribution in [0.2, 0.25) is 0 Å². The molecule has 0 aliphatic carbocycles. The fourth-order valence-corrected chi connectivity index (χ4v) is 2.59. The Morgan fingerprint density at radius 2 is 2.06 bits per heavy atom. The Bertz CT molecular complexity index is 329. The van der Waals surface area contributed by atoms with Gasteiger partial charge in [-0.15, -0.1) is 5.10 Å². The van der Waals surface area contributed by atoms with E-state index in [9.17, 15) is 0 Å². The van der Waals surface area contributed by atoms with E-state index in [4.69, 9.17) is 0 Å². The molecule has 17 heavy (non-hydrogen) atoms. The lowest BCUT2D eigenvalue weighted by Crippen LogP contribution is -2.29. The summed E-state index contributed by atoms with van der Waals surface area (Å²) in [5.74, 6) is 0. The molecule has 0 aromatic carbocycles. The first-order valence-corrected chi connectivity index (χ1v) is 6.93. The molecule has 0 aliphatic heterocycles. The third-order valence-corrected chi connectivity index (χ3v) is 3.31. The molecule has 0 radical (unpaired) electrons. The van der Waals surface area contributed by atoms with Crippen molar-refractivity contribution in [1.29, 1.82) is 0 Å². The molecule has 0 atom stereocenters. The number of likely N-dealkylation sites (N-methyl/N-ethyl adjacent to an activating group) is 2. The molecule has 0 saturated carbocycles. The van der Waals surface area contributed by atoms with Crippen molar-refractivity contribution in [2.24, 2.45) is 0 Å². The summed E-state index contributed by atoms with van der Waals surface area (Å²) in [5, 5.41) is 7.60. The van der Waals surface area contributed by atoms with Crippen LogP contribution in [0.5, 0.6) is 0 Å². The van der Waals surface area contributed by atoms with E-state index in [2.05, 4.69) is 54.5 Å². The fraction of sp³-hybridized carbons (Fsp3) is 0.833. The van der Waals surface area contributed by atoms with Gasteiger partial charge in [-0.3, -0.25) is 4.90 Å². The summed E-state index contributed by atoms with van der Waals surface area (Å²) in [5.41, 5.74) is 1.22. The second kappa shape index (κ2) is 6.42. The predicted molar refractivity (Wildman–Crippen MR) is 73.5 cm³/mol. The van der Waals surface area contributed by atoms with Crippen molar-refractivity contribution in [3.63, 3.8) is 0 Å². The Kier molecular flexibility index (Phi) is 5.49. The summed E-state index contributed by atoms with van der Waals surface area (Å²) < 4.78 is 4.09. The summed E-state index contributed by atoms with van der Waals surface area (Å²) in [6, 6.07) is 0. The van der Waals surface area contributed by atoms with Crippen molar-refractivity contribution in [1.82, 2.24) is 19.8 Å². The van der Waals surface area contributed by atoms with Crippen LogP contribution < -0.4 is 5.32 Å². The Morgan fingerprint density at radius 3 is 2.65 bits per heavy atom.